The van der Waals surface area contributed by atoms with Gasteiger partial charge in [0.25, 0.3) is 5.56 Å². The maximum absolute atomic E-state index is 12.8. The van der Waals surface area contributed by atoms with Crippen LogP contribution in [0.15, 0.2) is 47.3 Å². The standard InChI is InChI=1S/C23H23N3O3/c1-3-25(4-2)18-8-5-15(6-9-18)13-16-11-12-26-21(16)24-20-14-17(23(28)29)7-10-19(20)22(26)27/h5-10,13-14H,3-4,11-12H2,1-2H3,(H,28,29)/b16-13+. The maximum atomic E-state index is 12.8. The van der Waals surface area contributed by atoms with Crippen molar-refractivity contribution in [3.05, 3.63) is 69.8 Å². The number of hydrogen-bond acceptors (Lipinski definition) is 4. The fourth-order valence-electron chi connectivity index (χ4n) is 3.86. The Bertz CT molecular complexity index is 1170. The highest BCUT2D eigenvalue weighted by Crippen LogP contribution is 2.28. The summed E-state index contributed by atoms with van der Waals surface area (Å²) in [7, 11) is 0. The second-order valence-electron chi connectivity index (χ2n) is 7.11. The van der Waals surface area contributed by atoms with Crippen LogP contribution in [-0.4, -0.2) is 33.7 Å². The topological polar surface area (TPSA) is 75.4 Å². The Kier molecular flexibility index (Phi) is 4.92. The first-order valence-electron chi connectivity index (χ1n) is 9.85. The molecule has 0 atom stereocenters. The zero-order valence-electron chi connectivity index (χ0n) is 16.6. The number of allylic oxidation sites excluding steroid dienone is 1. The number of anilines is 1. The SMILES string of the molecule is CCN(CC)c1ccc(/C=C2\CCn3c2nc2cc(C(=O)O)ccc2c3=O)cc1. The van der Waals surface area contributed by atoms with Gasteiger partial charge in [0, 0.05) is 25.3 Å². The first-order valence-corrected chi connectivity index (χ1v) is 9.85. The van der Waals surface area contributed by atoms with E-state index in [0.717, 1.165) is 30.6 Å². The quantitative estimate of drug-likeness (QED) is 0.717. The fourth-order valence-corrected chi connectivity index (χ4v) is 3.86. The molecule has 0 spiro atoms. The van der Waals surface area contributed by atoms with Gasteiger partial charge >= 0.3 is 5.97 Å². The summed E-state index contributed by atoms with van der Waals surface area (Å²) in [5.41, 5.74) is 3.65. The van der Waals surface area contributed by atoms with E-state index in [1.807, 2.05) is 0 Å². The molecule has 4 rings (SSSR count). The van der Waals surface area contributed by atoms with E-state index in [2.05, 4.69) is 54.1 Å². The minimum atomic E-state index is -1.03. The van der Waals surface area contributed by atoms with Gasteiger partial charge in [-0.3, -0.25) is 9.36 Å². The minimum absolute atomic E-state index is 0.123. The Labute approximate surface area is 168 Å². The van der Waals surface area contributed by atoms with Crippen molar-refractivity contribution in [1.29, 1.82) is 0 Å². The number of benzene rings is 2. The van der Waals surface area contributed by atoms with Crippen molar-refractivity contribution < 1.29 is 9.90 Å². The third kappa shape index (κ3) is 3.42. The molecule has 2 heterocycles. The van der Waals surface area contributed by atoms with Gasteiger partial charge in [0.2, 0.25) is 0 Å². The monoisotopic (exact) mass is 389 g/mol. The predicted molar refractivity (Wildman–Crippen MR) is 115 cm³/mol. The van der Waals surface area contributed by atoms with Crippen molar-refractivity contribution in [3.63, 3.8) is 0 Å². The van der Waals surface area contributed by atoms with Crippen molar-refractivity contribution in [2.45, 2.75) is 26.8 Å². The molecule has 0 aliphatic carbocycles. The van der Waals surface area contributed by atoms with Crippen molar-refractivity contribution in [2.75, 3.05) is 18.0 Å². The number of carbonyl (C=O) groups is 1. The number of nitrogens with zero attached hydrogens (tertiary/aromatic N) is 3. The zero-order chi connectivity index (χ0) is 20.5. The Morgan fingerprint density at radius 3 is 2.55 bits per heavy atom. The molecule has 0 fully saturated rings. The molecule has 0 saturated carbocycles. The summed E-state index contributed by atoms with van der Waals surface area (Å²) in [6, 6.07) is 12.8. The summed E-state index contributed by atoms with van der Waals surface area (Å²) in [4.78, 5) is 31.0. The lowest BCUT2D eigenvalue weighted by Gasteiger charge is -2.20. The zero-order valence-corrected chi connectivity index (χ0v) is 16.6. The Hall–Kier alpha value is -3.41. The van der Waals surface area contributed by atoms with E-state index < -0.39 is 5.97 Å². The lowest BCUT2D eigenvalue weighted by atomic mass is 10.1. The van der Waals surface area contributed by atoms with E-state index in [1.54, 1.807) is 10.6 Å². The third-order valence-corrected chi connectivity index (χ3v) is 5.46. The Balaban J connectivity index is 1.75. The van der Waals surface area contributed by atoms with Gasteiger partial charge in [-0.05, 0) is 67.8 Å². The average Bonchev–Trinajstić information content (AvgIpc) is 3.12. The van der Waals surface area contributed by atoms with Crippen LogP contribution in [0, 0.1) is 0 Å². The van der Waals surface area contributed by atoms with Crippen molar-refractivity contribution in [1.82, 2.24) is 9.55 Å². The molecule has 148 valence electrons. The summed E-state index contributed by atoms with van der Waals surface area (Å²) in [6.45, 7) is 6.78. The van der Waals surface area contributed by atoms with Gasteiger partial charge in [-0.15, -0.1) is 0 Å². The Morgan fingerprint density at radius 1 is 1.17 bits per heavy atom. The van der Waals surface area contributed by atoms with Gasteiger partial charge in [-0.2, -0.15) is 0 Å². The van der Waals surface area contributed by atoms with Crippen molar-refractivity contribution >= 4 is 34.2 Å². The molecule has 1 aliphatic heterocycles. The smallest absolute Gasteiger partial charge is 0.335 e. The van der Waals surface area contributed by atoms with E-state index in [-0.39, 0.29) is 11.1 Å². The first-order chi connectivity index (χ1) is 14.0. The summed E-state index contributed by atoms with van der Waals surface area (Å²) in [6.07, 6.45) is 2.78. The molecular formula is C23H23N3O3. The van der Waals surface area contributed by atoms with Crippen LogP contribution in [0.25, 0.3) is 22.6 Å². The number of carboxylic acids is 1. The first kappa shape index (κ1) is 18.9. The third-order valence-electron chi connectivity index (χ3n) is 5.46. The van der Waals surface area contributed by atoms with Crippen LogP contribution in [0.3, 0.4) is 0 Å². The van der Waals surface area contributed by atoms with E-state index in [0.29, 0.717) is 23.3 Å². The number of aromatic carboxylic acids is 1. The molecule has 3 aromatic rings. The second kappa shape index (κ2) is 7.54. The lowest BCUT2D eigenvalue weighted by molar-refractivity contribution is 0.0697. The molecule has 1 aromatic heterocycles. The number of aromatic nitrogens is 2. The van der Waals surface area contributed by atoms with E-state index in [9.17, 15) is 14.7 Å². The summed E-state index contributed by atoms with van der Waals surface area (Å²) in [5.74, 6) is -0.406. The van der Waals surface area contributed by atoms with E-state index >= 15 is 0 Å². The second-order valence-corrected chi connectivity index (χ2v) is 7.11. The van der Waals surface area contributed by atoms with Crippen LogP contribution >= 0.6 is 0 Å². The van der Waals surface area contributed by atoms with Crippen LogP contribution in [0.1, 0.15) is 42.0 Å². The van der Waals surface area contributed by atoms with Crippen LogP contribution in [-0.2, 0) is 6.54 Å². The van der Waals surface area contributed by atoms with Crippen LogP contribution in [0.4, 0.5) is 5.69 Å². The van der Waals surface area contributed by atoms with Crippen LogP contribution < -0.4 is 10.5 Å². The van der Waals surface area contributed by atoms with E-state index in [4.69, 9.17) is 0 Å². The highest BCUT2D eigenvalue weighted by molar-refractivity contribution is 5.93. The fraction of sp³-hybridized carbons (Fsp3) is 0.261. The molecule has 0 radical (unpaired) electrons. The molecule has 1 aliphatic rings. The molecule has 0 unspecified atom stereocenters. The highest BCUT2D eigenvalue weighted by atomic mass is 16.4. The van der Waals surface area contributed by atoms with Crippen LogP contribution in [0.2, 0.25) is 0 Å². The highest BCUT2D eigenvalue weighted by Gasteiger charge is 2.21. The number of fused-ring (bicyclic) bond motifs is 2. The molecule has 0 amide bonds. The molecule has 6 nitrogen and oxygen atoms in total. The number of rotatable bonds is 5. The molecule has 6 heteroatoms. The summed E-state index contributed by atoms with van der Waals surface area (Å²) >= 11 is 0. The normalized spacial score (nSPS) is 14.3. The van der Waals surface area contributed by atoms with Gasteiger partial charge in [-0.1, -0.05) is 12.1 Å². The van der Waals surface area contributed by atoms with Gasteiger partial charge in [0.05, 0.1) is 16.5 Å². The molecule has 29 heavy (non-hydrogen) atoms. The molecule has 0 saturated heterocycles. The molecule has 0 bridgehead atoms. The van der Waals surface area contributed by atoms with Gasteiger partial charge in [0.15, 0.2) is 0 Å². The predicted octanol–water partition coefficient (Wildman–Crippen LogP) is 3.89. The van der Waals surface area contributed by atoms with Crippen LogP contribution in [0.5, 0.6) is 0 Å². The number of hydrogen-bond donors (Lipinski definition) is 1. The van der Waals surface area contributed by atoms with E-state index in [1.165, 1.54) is 17.8 Å². The largest absolute Gasteiger partial charge is 0.478 e. The molecule has 2 aromatic carbocycles. The Morgan fingerprint density at radius 2 is 1.90 bits per heavy atom. The maximum Gasteiger partial charge on any atom is 0.335 e. The molecular weight excluding hydrogens is 366 g/mol. The van der Waals surface area contributed by atoms with Gasteiger partial charge < -0.3 is 10.0 Å². The van der Waals surface area contributed by atoms with Gasteiger partial charge in [-0.25, -0.2) is 9.78 Å². The summed E-state index contributed by atoms with van der Waals surface area (Å²) in [5, 5.41) is 9.67. The minimum Gasteiger partial charge on any atom is -0.478 e. The molecule has 1 N–H and O–H groups in total. The van der Waals surface area contributed by atoms with Gasteiger partial charge in [0.1, 0.15) is 5.82 Å². The van der Waals surface area contributed by atoms with Crippen molar-refractivity contribution in [3.8, 4) is 0 Å². The lowest BCUT2D eigenvalue weighted by Crippen LogP contribution is -2.21. The average molecular weight is 389 g/mol. The van der Waals surface area contributed by atoms with Crippen molar-refractivity contribution in [2.24, 2.45) is 0 Å². The number of carboxylic acid groups (broad SMARTS) is 1. The summed E-state index contributed by atoms with van der Waals surface area (Å²) < 4.78 is 1.68.